The molecule has 1 saturated carbocycles. The monoisotopic (exact) mass is 326 g/mol. The van der Waals surface area contributed by atoms with Gasteiger partial charge in [0.05, 0.1) is 11.6 Å². The molecule has 1 N–H and O–H groups in total. The summed E-state index contributed by atoms with van der Waals surface area (Å²) in [5, 5.41) is 19.3. The van der Waals surface area contributed by atoms with Crippen molar-refractivity contribution in [3.05, 3.63) is 35.4 Å². The van der Waals surface area contributed by atoms with Gasteiger partial charge in [0.1, 0.15) is 0 Å². The lowest BCUT2D eigenvalue weighted by atomic mass is 9.69. The Balaban J connectivity index is 2.44. The van der Waals surface area contributed by atoms with E-state index in [2.05, 4.69) is 0 Å². The van der Waals surface area contributed by atoms with Gasteiger partial charge in [0.15, 0.2) is 5.60 Å². The zero-order valence-electron chi connectivity index (χ0n) is 13.3. The van der Waals surface area contributed by atoms with Crippen molar-refractivity contribution in [2.24, 2.45) is 5.92 Å². The standard InChI is InChI=1S/C17H21F3N2O/c1-22(2)15(13-8-6-12(11-21)7-9-13)14-5-3-4-10-16(14,23)17(18,19)20/h6-9,14-15,23H,3-5,10H2,1-2H3. The minimum absolute atomic E-state index is 0.262. The Morgan fingerprint density at radius 1 is 1.26 bits per heavy atom. The van der Waals surface area contributed by atoms with Gasteiger partial charge in [0.25, 0.3) is 0 Å². The average molecular weight is 326 g/mol. The van der Waals surface area contributed by atoms with Crippen molar-refractivity contribution in [2.75, 3.05) is 14.1 Å². The highest BCUT2D eigenvalue weighted by atomic mass is 19.4. The fourth-order valence-corrected chi connectivity index (χ4v) is 3.60. The van der Waals surface area contributed by atoms with Crippen molar-refractivity contribution < 1.29 is 18.3 Å². The van der Waals surface area contributed by atoms with E-state index in [0.717, 1.165) is 0 Å². The van der Waals surface area contributed by atoms with Crippen LogP contribution in [0, 0.1) is 17.2 Å². The maximum Gasteiger partial charge on any atom is 0.417 e. The molecular weight excluding hydrogens is 305 g/mol. The molecule has 126 valence electrons. The van der Waals surface area contributed by atoms with Gasteiger partial charge in [-0.1, -0.05) is 25.0 Å². The summed E-state index contributed by atoms with van der Waals surface area (Å²) < 4.78 is 40.6. The van der Waals surface area contributed by atoms with Crippen molar-refractivity contribution in [1.29, 1.82) is 5.26 Å². The molecule has 0 heterocycles. The van der Waals surface area contributed by atoms with Crippen molar-refractivity contribution >= 4 is 0 Å². The lowest BCUT2D eigenvalue weighted by molar-refractivity contribution is -0.294. The van der Waals surface area contributed by atoms with Gasteiger partial charge in [-0.15, -0.1) is 0 Å². The second-order valence-electron chi connectivity index (χ2n) is 6.42. The van der Waals surface area contributed by atoms with E-state index in [4.69, 9.17) is 5.26 Å². The van der Waals surface area contributed by atoms with Crippen LogP contribution in [0.3, 0.4) is 0 Å². The van der Waals surface area contributed by atoms with Gasteiger partial charge in [0.2, 0.25) is 0 Å². The van der Waals surface area contributed by atoms with Gasteiger partial charge in [-0.25, -0.2) is 0 Å². The Hall–Kier alpha value is -1.58. The van der Waals surface area contributed by atoms with E-state index in [0.29, 0.717) is 30.4 Å². The first-order valence-corrected chi connectivity index (χ1v) is 7.66. The first-order chi connectivity index (χ1) is 10.7. The maximum absolute atomic E-state index is 13.5. The van der Waals surface area contributed by atoms with Crippen LogP contribution in [-0.2, 0) is 0 Å². The second-order valence-corrected chi connectivity index (χ2v) is 6.42. The lowest BCUT2D eigenvalue weighted by Crippen LogP contribution is -2.56. The number of rotatable bonds is 3. The molecule has 0 bridgehead atoms. The van der Waals surface area contributed by atoms with E-state index >= 15 is 0 Å². The SMILES string of the molecule is CN(C)C(c1ccc(C#N)cc1)C1CCCCC1(O)C(F)(F)F. The number of nitriles is 1. The number of nitrogens with zero attached hydrogens (tertiary/aromatic N) is 2. The zero-order chi connectivity index (χ0) is 17.3. The molecule has 1 aliphatic rings. The van der Waals surface area contributed by atoms with Crippen LogP contribution in [0.5, 0.6) is 0 Å². The average Bonchev–Trinajstić information content (AvgIpc) is 2.49. The molecule has 23 heavy (non-hydrogen) atoms. The van der Waals surface area contributed by atoms with Crippen molar-refractivity contribution in [3.63, 3.8) is 0 Å². The highest BCUT2D eigenvalue weighted by Crippen LogP contribution is 2.50. The third-order valence-corrected chi connectivity index (χ3v) is 4.75. The van der Waals surface area contributed by atoms with Gasteiger partial charge < -0.3 is 10.0 Å². The number of hydrogen-bond acceptors (Lipinski definition) is 3. The topological polar surface area (TPSA) is 47.3 Å². The minimum Gasteiger partial charge on any atom is -0.380 e. The van der Waals surface area contributed by atoms with Gasteiger partial charge in [-0.05, 0) is 44.6 Å². The third-order valence-electron chi connectivity index (χ3n) is 4.75. The van der Waals surface area contributed by atoms with Gasteiger partial charge in [0, 0.05) is 12.0 Å². The fraction of sp³-hybridized carbons (Fsp3) is 0.588. The van der Waals surface area contributed by atoms with Crippen molar-refractivity contribution in [1.82, 2.24) is 4.90 Å². The Morgan fingerprint density at radius 3 is 2.35 bits per heavy atom. The molecule has 0 spiro atoms. The first-order valence-electron chi connectivity index (χ1n) is 7.66. The quantitative estimate of drug-likeness (QED) is 0.922. The van der Waals surface area contributed by atoms with E-state index in [1.54, 1.807) is 43.3 Å². The molecule has 3 atom stereocenters. The van der Waals surface area contributed by atoms with Crippen molar-refractivity contribution in [3.8, 4) is 6.07 Å². The molecule has 6 heteroatoms. The van der Waals surface area contributed by atoms with E-state index in [-0.39, 0.29) is 6.42 Å². The van der Waals surface area contributed by atoms with Gasteiger partial charge >= 0.3 is 6.18 Å². The molecule has 1 aromatic rings. The predicted molar refractivity (Wildman–Crippen MR) is 80.5 cm³/mol. The van der Waals surface area contributed by atoms with Crippen molar-refractivity contribution in [2.45, 2.75) is 43.5 Å². The molecule has 0 aliphatic heterocycles. The number of benzene rings is 1. The normalized spacial score (nSPS) is 26.8. The van der Waals surface area contributed by atoms with E-state index in [9.17, 15) is 18.3 Å². The van der Waals surface area contributed by atoms with E-state index in [1.165, 1.54) is 0 Å². The predicted octanol–water partition coefficient (Wildman–Crippen LogP) is 3.64. The van der Waals surface area contributed by atoms with Gasteiger partial charge in [-0.2, -0.15) is 18.4 Å². The molecule has 1 aromatic carbocycles. The van der Waals surface area contributed by atoms with Crippen LogP contribution in [-0.4, -0.2) is 35.9 Å². The summed E-state index contributed by atoms with van der Waals surface area (Å²) in [6.07, 6.45) is -3.55. The molecule has 1 fully saturated rings. The highest BCUT2D eigenvalue weighted by Gasteiger charge is 2.60. The highest BCUT2D eigenvalue weighted by molar-refractivity contribution is 5.33. The summed E-state index contributed by atoms with van der Waals surface area (Å²) in [7, 11) is 3.43. The molecule has 1 aliphatic carbocycles. The smallest absolute Gasteiger partial charge is 0.380 e. The number of alkyl halides is 3. The molecular formula is C17H21F3N2O. The zero-order valence-corrected chi connectivity index (χ0v) is 13.3. The van der Waals surface area contributed by atoms with Crippen LogP contribution in [0.25, 0.3) is 0 Å². The lowest BCUT2D eigenvalue weighted by Gasteiger charge is -2.46. The first kappa shape index (κ1) is 17.8. The number of halogens is 3. The van der Waals surface area contributed by atoms with E-state index in [1.807, 2.05) is 6.07 Å². The van der Waals surface area contributed by atoms with Crippen LogP contribution in [0.15, 0.2) is 24.3 Å². The van der Waals surface area contributed by atoms with E-state index < -0.39 is 23.7 Å². The molecule has 0 radical (unpaired) electrons. The number of hydrogen-bond donors (Lipinski definition) is 1. The van der Waals surface area contributed by atoms with Gasteiger partial charge in [-0.3, -0.25) is 0 Å². The van der Waals surface area contributed by atoms with Crippen LogP contribution in [0.1, 0.15) is 42.9 Å². The summed E-state index contributed by atoms with van der Waals surface area (Å²) in [4.78, 5) is 1.72. The van der Waals surface area contributed by atoms with Crippen LogP contribution >= 0.6 is 0 Å². The third kappa shape index (κ3) is 3.36. The summed E-state index contributed by atoms with van der Waals surface area (Å²) in [6.45, 7) is 0. The maximum atomic E-state index is 13.5. The Labute approximate surface area is 134 Å². The Kier molecular flexibility index (Phi) is 5.02. The second kappa shape index (κ2) is 6.50. The summed E-state index contributed by atoms with van der Waals surface area (Å²) in [5.41, 5.74) is -1.53. The molecule has 3 nitrogen and oxygen atoms in total. The summed E-state index contributed by atoms with van der Waals surface area (Å²) in [6, 6.07) is 7.99. The molecule has 0 amide bonds. The number of aliphatic hydroxyl groups is 1. The van der Waals surface area contributed by atoms with Crippen LogP contribution in [0.2, 0.25) is 0 Å². The largest absolute Gasteiger partial charge is 0.417 e. The van der Waals surface area contributed by atoms with Crippen LogP contribution in [0.4, 0.5) is 13.2 Å². The fourth-order valence-electron chi connectivity index (χ4n) is 3.60. The Bertz CT molecular complexity index is 577. The molecule has 0 aromatic heterocycles. The minimum atomic E-state index is -4.65. The summed E-state index contributed by atoms with van der Waals surface area (Å²) in [5.74, 6) is -0.931. The Morgan fingerprint density at radius 2 is 1.87 bits per heavy atom. The molecule has 3 unspecified atom stereocenters. The summed E-state index contributed by atoms with van der Waals surface area (Å²) >= 11 is 0. The molecule has 2 rings (SSSR count). The van der Waals surface area contributed by atoms with Crippen LogP contribution < -0.4 is 0 Å². The molecule has 0 saturated heterocycles.